The van der Waals surface area contributed by atoms with Crippen LogP contribution in [0, 0.1) is 0 Å². The van der Waals surface area contributed by atoms with E-state index in [-0.39, 0.29) is 6.10 Å². The Balaban J connectivity index is 0.000000370. The molecule has 0 aliphatic carbocycles. The van der Waals surface area contributed by atoms with Crippen molar-refractivity contribution in [2.45, 2.75) is 18.1 Å². The molecule has 0 saturated carbocycles. The van der Waals surface area contributed by atoms with Gasteiger partial charge in [0, 0.05) is 36.4 Å². The van der Waals surface area contributed by atoms with Gasteiger partial charge in [-0.25, -0.2) is 9.79 Å². The Bertz CT molecular complexity index is 769. The molecule has 2 aliphatic heterocycles. The normalized spacial score (nSPS) is 23.9. The topological polar surface area (TPSA) is 121 Å². The van der Waals surface area contributed by atoms with Crippen molar-refractivity contribution in [2.24, 2.45) is 10.7 Å². The predicted octanol–water partition coefficient (Wildman–Crippen LogP) is 1.14. The molecule has 2 unspecified atom stereocenters. The van der Waals surface area contributed by atoms with Crippen molar-refractivity contribution in [1.29, 1.82) is 0 Å². The van der Waals surface area contributed by atoms with Gasteiger partial charge in [0.1, 0.15) is 5.82 Å². The first-order valence-corrected chi connectivity index (χ1v) is 8.93. The Labute approximate surface area is 170 Å². The summed E-state index contributed by atoms with van der Waals surface area (Å²) < 4.78 is 37.4. The number of alkyl halides is 3. The van der Waals surface area contributed by atoms with Crippen LogP contribution < -0.4 is 21.7 Å². The summed E-state index contributed by atoms with van der Waals surface area (Å²) in [6, 6.07) is 7.37. The molecule has 1 fully saturated rings. The van der Waals surface area contributed by atoms with E-state index < -0.39 is 17.9 Å². The summed E-state index contributed by atoms with van der Waals surface area (Å²) in [5.41, 5.74) is 7.16. The molecule has 1 aromatic rings. The Kier molecular flexibility index (Phi) is 7.85. The number of carboxylic acids is 1. The average Bonchev–Trinajstić information content (AvgIpc) is 2.67. The molecule has 2 aliphatic rings. The molecule has 2 heterocycles. The summed E-state index contributed by atoms with van der Waals surface area (Å²) in [4.78, 5) is 13.2. The van der Waals surface area contributed by atoms with Crippen LogP contribution in [0.5, 0.6) is 0 Å². The molecule has 6 N–H and O–H groups in total. The van der Waals surface area contributed by atoms with Gasteiger partial charge in [-0.3, -0.25) is 5.73 Å². The van der Waals surface area contributed by atoms with Crippen molar-refractivity contribution in [1.82, 2.24) is 16.0 Å². The van der Waals surface area contributed by atoms with E-state index in [9.17, 15) is 13.2 Å². The number of halogens is 4. The Morgan fingerprint density at radius 3 is 2.79 bits per heavy atom. The molecule has 2 atom stereocenters. The highest BCUT2D eigenvalue weighted by molar-refractivity contribution is 6.30. The number of hydrogen-bond acceptors (Lipinski definition) is 7. The second kappa shape index (κ2) is 9.92. The van der Waals surface area contributed by atoms with Gasteiger partial charge in [-0.05, 0) is 18.2 Å². The van der Waals surface area contributed by atoms with Crippen LogP contribution in [0.3, 0.4) is 0 Å². The highest BCUT2D eigenvalue weighted by atomic mass is 35.5. The number of aliphatic imine (C=N–C) groups is 1. The molecule has 8 nitrogen and oxygen atoms in total. The summed E-state index contributed by atoms with van der Waals surface area (Å²) in [5, 5.41) is 17.6. The first-order valence-electron chi connectivity index (χ1n) is 8.55. The van der Waals surface area contributed by atoms with Crippen molar-refractivity contribution >= 4 is 23.8 Å². The Morgan fingerprint density at radius 1 is 1.48 bits per heavy atom. The molecule has 1 saturated heterocycles. The number of hydrogen-bond donors (Lipinski definition) is 5. The number of carbonyl (C=O) groups is 1. The van der Waals surface area contributed by atoms with Gasteiger partial charge in [-0.15, -0.1) is 0 Å². The van der Waals surface area contributed by atoms with Gasteiger partial charge in [0.05, 0.1) is 12.7 Å². The number of rotatable bonds is 4. The van der Waals surface area contributed by atoms with E-state index in [1.165, 1.54) is 0 Å². The van der Waals surface area contributed by atoms with Gasteiger partial charge in [-0.2, -0.15) is 13.2 Å². The van der Waals surface area contributed by atoms with E-state index in [2.05, 4.69) is 20.9 Å². The second-order valence-corrected chi connectivity index (χ2v) is 6.58. The number of nitrogens with zero attached hydrogens (tertiary/aromatic N) is 1. The maximum absolute atomic E-state index is 10.6. The van der Waals surface area contributed by atoms with E-state index in [0.29, 0.717) is 11.6 Å². The molecule has 0 spiro atoms. The first-order chi connectivity index (χ1) is 13.6. The lowest BCUT2D eigenvalue weighted by Gasteiger charge is -2.33. The van der Waals surface area contributed by atoms with Crippen molar-refractivity contribution < 1.29 is 27.8 Å². The molecule has 12 heteroatoms. The summed E-state index contributed by atoms with van der Waals surface area (Å²) in [5.74, 6) is -2.97. The molecular formula is C17H21ClF3N5O3. The van der Waals surface area contributed by atoms with Crippen LogP contribution in [0.4, 0.5) is 13.2 Å². The van der Waals surface area contributed by atoms with Crippen LogP contribution in [0.15, 0.2) is 41.2 Å². The average molecular weight is 436 g/mol. The van der Waals surface area contributed by atoms with Crippen molar-refractivity contribution in [3.05, 3.63) is 46.7 Å². The fourth-order valence-electron chi connectivity index (χ4n) is 2.46. The lowest BCUT2D eigenvalue weighted by atomic mass is 10.1. The third kappa shape index (κ3) is 7.20. The van der Waals surface area contributed by atoms with Gasteiger partial charge in [0.2, 0.25) is 5.79 Å². The summed E-state index contributed by atoms with van der Waals surface area (Å²) in [6.07, 6.45) is -1.39. The molecule has 3 rings (SSSR count). The number of nitrogens with one attached hydrogen (secondary N) is 3. The smallest absolute Gasteiger partial charge is 0.475 e. The van der Waals surface area contributed by atoms with E-state index in [1.54, 1.807) is 6.21 Å². The Morgan fingerprint density at radius 2 is 2.21 bits per heavy atom. The standard InChI is InChI=1S/C15H20ClN5O.C2HF3O2/c16-12-3-1-2-11(8-12)15(17)20-5-4-14(21-15)19-10-13-9-18-6-7-22-13;3-2(4,5)1(6)7/h1-5,8,13,18-19,21H,6-7,9-10,17H2;(H,6,7). The maximum Gasteiger partial charge on any atom is 0.490 e. The number of benzene rings is 1. The predicted molar refractivity (Wildman–Crippen MR) is 101 cm³/mol. The second-order valence-electron chi connectivity index (χ2n) is 6.14. The number of ether oxygens (including phenoxy) is 1. The third-order valence-corrected chi connectivity index (χ3v) is 4.11. The fourth-order valence-corrected chi connectivity index (χ4v) is 2.65. The number of nitrogens with two attached hydrogens (primary N) is 1. The van der Waals surface area contributed by atoms with Gasteiger partial charge >= 0.3 is 12.1 Å². The van der Waals surface area contributed by atoms with Gasteiger partial charge in [0.15, 0.2) is 0 Å². The number of allylic oxidation sites excluding steroid dienone is 1. The van der Waals surface area contributed by atoms with E-state index >= 15 is 0 Å². The zero-order valence-electron chi connectivity index (χ0n) is 15.2. The van der Waals surface area contributed by atoms with E-state index in [0.717, 1.165) is 31.1 Å². The highest BCUT2D eigenvalue weighted by Crippen LogP contribution is 2.22. The minimum absolute atomic E-state index is 0.147. The van der Waals surface area contributed by atoms with Crippen LogP contribution in [0.25, 0.3) is 0 Å². The molecule has 160 valence electrons. The number of morpholine rings is 1. The monoisotopic (exact) mass is 435 g/mol. The third-order valence-electron chi connectivity index (χ3n) is 3.88. The van der Waals surface area contributed by atoms with Crippen molar-refractivity contribution in [3.8, 4) is 0 Å². The first kappa shape index (κ1) is 22.9. The lowest BCUT2D eigenvalue weighted by Crippen LogP contribution is -2.53. The quantitative estimate of drug-likeness (QED) is 0.481. The largest absolute Gasteiger partial charge is 0.490 e. The molecule has 0 aromatic heterocycles. The zero-order chi connectivity index (χ0) is 21.5. The number of aliphatic carboxylic acids is 1. The zero-order valence-corrected chi connectivity index (χ0v) is 15.9. The van der Waals surface area contributed by atoms with Gasteiger partial charge in [0.25, 0.3) is 0 Å². The van der Waals surface area contributed by atoms with Crippen molar-refractivity contribution in [3.63, 3.8) is 0 Å². The van der Waals surface area contributed by atoms with Crippen LogP contribution >= 0.6 is 11.6 Å². The van der Waals surface area contributed by atoms with E-state index in [1.807, 2.05) is 30.3 Å². The minimum atomic E-state index is -5.08. The molecule has 0 bridgehead atoms. The minimum Gasteiger partial charge on any atom is -0.475 e. The van der Waals surface area contributed by atoms with Crippen molar-refractivity contribution in [2.75, 3.05) is 26.2 Å². The fraction of sp³-hybridized carbons (Fsp3) is 0.412. The SMILES string of the molecule is NC1(c2cccc(Cl)c2)N=CC=C(NCC2CNCCO2)N1.O=C(O)C(F)(F)F. The molecule has 0 radical (unpaired) electrons. The molecule has 0 amide bonds. The summed E-state index contributed by atoms with van der Waals surface area (Å²) in [6.45, 7) is 3.19. The van der Waals surface area contributed by atoms with Gasteiger partial charge in [-0.1, -0.05) is 23.7 Å². The van der Waals surface area contributed by atoms with Crippen LogP contribution in [0.2, 0.25) is 5.02 Å². The Hall–Kier alpha value is -2.34. The molecule has 1 aromatic carbocycles. The van der Waals surface area contributed by atoms with E-state index in [4.69, 9.17) is 32.0 Å². The summed E-state index contributed by atoms with van der Waals surface area (Å²) >= 11 is 6.04. The van der Waals surface area contributed by atoms with Crippen LogP contribution in [-0.4, -0.2) is 55.8 Å². The highest BCUT2D eigenvalue weighted by Gasteiger charge is 2.38. The van der Waals surface area contributed by atoms with Crippen LogP contribution in [-0.2, 0) is 15.3 Å². The molecule has 29 heavy (non-hydrogen) atoms. The number of carboxylic acid groups (broad SMARTS) is 1. The summed E-state index contributed by atoms with van der Waals surface area (Å²) in [7, 11) is 0. The van der Waals surface area contributed by atoms with Crippen LogP contribution in [0.1, 0.15) is 5.56 Å². The van der Waals surface area contributed by atoms with Gasteiger partial charge < -0.3 is 25.8 Å². The molecular weight excluding hydrogens is 415 g/mol. The lowest BCUT2D eigenvalue weighted by molar-refractivity contribution is -0.192. The maximum atomic E-state index is 10.6.